The number of carbonyl (C=O) groups is 2. The van der Waals surface area contributed by atoms with Gasteiger partial charge < -0.3 is 10.3 Å². The smallest absolute Gasteiger partial charge is 0.296 e. The van der Waals surface area contributed by atoms with Crippen molar-refractivity contribution >= 4 is 28.4 Å². The molecule has 4 rings (SSSR count). The van der Waals surface area contributed by atoms with Gasteiger partial charge in [0, 0.05) is 5.56 Å². The van der Waals surface area contributed by atoms with Gasteiger partial charge in [0.25, 0.3) is 17.2 Å². The van der Waals surface area contributed by atoms with Gasteiger partial charge in [0.1, 0.15) is 5.69 Å². The van der Waals surface area contributed by atoms with E-state index in [1.807, 2.05) is 6.07 Å². The molecule has 1 amide bonds. The van der Waals surface area contributed by atoms with E-state index in [1.54, 1.807) is 36.4 Å². The molecule has 2 heterocycles. The van der Waals surface area contributed by atoms with Gasteiger partial charge in [-0.1, -0.05) is 24.3 Å². The summed E-state index contributed by atoms with van der Waals surface area (Å²) in [6.45, 7) is 0. The maximum atomic E-state index is 12.3. The van der Waals surface area contributed by atoms with Crippen molar-refractivity contribution in [2.45, 2.75) is 0 Å². The average Bonchev–Trinajstić information content (AvgIpc) is 2.82. The number of nitrogens with one attached hydrogen (secondary N) is 2. The Labute approximate surface area is 123 Å². The summed E-state index contributed by atoms with van der Waals surface area (Å²) in [4.78, 5) is 42.7. The molecule has 0 saturated carbocycles. The van der Waals surface area contributed by atoms with Crippen molar-refractivity contribution < 1.29 is 9.59 Å². The van der Waals surface area contributed by atoms with Crippen LogP contribution in [0.5, 0.6) is 0 Å². The molecular formula is C16H9N3O3. The lowest BCUT2D eigenvalue weighted by atomic mass is 10.0. The quantitative estimate of drug-likeness (QED) is 0.668. The summed E-state index contributed by atoms with van der Waals surface area (Å²) < 4.78 is 0. The van der Waals surface area contributed by atoms with Gasteiger partial charge in [-0.3, -0.25) is 14.4 Å². The van der Waals surface area contributed by atoms with Crippen LogP contribution in [0.4, 0.5) is 5.69 Å². The topological polar surface area (TPSA) is 91.9 Å². The van der Waals surface area contributed by atoms with Gasteiger partial charge in [0.15, 0.2) is 0 Å². The molecule has 1 aliphatic heterocycles. The molecule has 0 fully saturated rings. The summed E-state index contributed by atoms with van der Waals surface area (Å²) in [5.74, 6) is -1.30. The molecule has 1 aromatic heterocycles. The van der Waals surface area contributed by atoms with Crippen LogP contribution in [-0.4, -0.2) is 21.7 Å². The Kier molecular flexibility index (Phi) is 2.47. The first-order valence-electron chi connectivity index (χ1n) is 6.63. The lowest BCUT2D eigenvalue weighted by Gasteiger charge is -2.07. The second-order valence-electron chi connectivity index (χ2n) is 4.94. The van der Waals surface area contributed by atoms with Crippen LogP contribution < -0.4 is 10.9 Å². The fourth-order valence-electron chi connectivity index (χ4n) is 2.58. The van der Waals surface area contributed by atoms with Gasteiger partial charge in [0.05, 0.1) is 22.3 Å². The summed E-state index contributed by atoms with van der Waals surface area (Å²) in [5, 5.41) is 2.51. The number of amides is 1. The van der Waals surface area contributed by atoms with E-state index in [-0.39, 0.29) is 16.8 Å². The molecule has 6 heteroatoms. The molecule has 0 aliphatic carbocycles. The lowest BCUT2D eigenvalue weighted by molar-refractivity contribution is -0.112. The Balaban J connectivity index is 2.02. The van der Waals surface area contributed by atoms with E-state index in [0.29, 0.717) is 22.3 Å². The molecule has 1 aliphatic rings. The monoisotopic (exact) mass is 291 g/mol. The summed E-state index contributed by atoms with van der Waals surface area (Å²) in [7, 11) is 0. The van der Waals surface area contributed by atoms with Gasteiger partial charge >= 0.3 is 0 Å². The van der Waals surface area contributed by atoms with Crippen molar-refractivity contribution in [2.75, 3.05) is 5.32 Å². The SMILES string of the molecule is O=C1Nc2c(cccc2-c2nc3ccccc3[nH]c2=O)C1=O. The molecule has 0 saturated heterocycles. The number of nitrogens with zero attached hydrogens (tertiary/aromatic N) is 1. The predicted molar refractivity (Wildman–Crippen MR) is 80.8 cm³/mol. The highest BCUT2D eigenvalue weighted by atomic mass is 16.2. The minimum atomic E-state index is -0.695. The third-order valence-electron chi connectivity index (χ3n) is 3.61. The molecular weight excluding hydrogens is 282 g/mol. The summed E-state index contributed by atoms with van der Waals surface area (Å²) in [6, 6.07) is 12.0. The Hall–Kier alpha value is -3.28. The molecule has 2 aromatic carbocycles. The molecule has 6 nitrogen and oxygen atoms in total. The van der Waals surface area contributed by atoms with Crippen molar-refractivity contribution in [1.82, 2.24) is 9.97 Å². The Morgan fingerprint density at radius 2 is 1.64 bits per heavy atom. The Morgan fingerprint density at radius 3 is 2.50 bits per heavy atom. The summed E-state index contributed by atoms with van der Waals surface area (Å²) >= 11 is 0. The molecule has 2 N–H and O–H groups in total. The van der Waals surface area contributed by atoms with Crippen molar-refractivity contribution in [3.63, 3.8) is 0 Å². The lowest BCUT2D eigenvalue weighted by Crippen LogP contribution is -2.14. The number of aromatic amines is 1. The van der Waals surface area contributed by atoms with Crippen LogP contribution in [0.25, 0.3) is 22.3 Å². The van der Waals surface area contributed by atoms with Crippen LogP contribution in [0.15, 0.2) is 47.3 Å². The zero-order chi connectivity index (χ0) is 15.3. The van der Waals surface area contributed by atoms with E-state index in [1.165, 1.54) is 0 Å². The largest absolute Gasteiger partial charge is 0.319 e. The first-order chi connectivity index (χ1) is 10.6. The van der Waals surface area contributed by atoms with Gasteiger partial charge in [-0.15, -0.1) is 0 Å². The van der Waals surface area contributed by atoms with Crippen LogP contribution in [0.1, 0.15) is 10.4 Å². The number of carbonyl (C=O) groups excluding carboxylic acids is 2. The van der Waals surface area contributed by atoms with Crippen molar-refractivity contribution in [3.8, 4) is 11.3 Å². The molecule has 106 valence electrons. The van der Waals surface area contributed by atoms with Crippen LogP contribution in [-0.2, 0) is 4.79 Å². The van der Waals surface area contributed by atoms with E-state index < -0.39 is 11.7 Å². The van der Waals surface area contributed by atoms with E-state index in [9.17, 15) is 14.4 Å². The standard InChI is InChI=1S/C16H9N3O3/c20-14-9-5-3-4-8(12(9)19-16(14)22)13-15(21)18-11-7-2-1-6-10(11)17-13/h1-7H,(H,18,21)(H,19,20,22). The van der Waals surface area contributed by atoms with Gasteiger partial charge in [0.2, 0.25) is 0 Å². The number of benzene rings is 2. The molecule has 22 heavy (non-hydrogen) atoms. The number of aromatic nitrogens is 2. The number of H-pyrrole nitrogens is 1. The van der Waals surface area contributed by atoms with Gasteiger partial charge in [-0.25, -0.2) is 4.98 Å². The van der Waals surface area contributed by atoms with Crippen molar-refractivity contribution in [1.29, 1.82) is 0 Å². The van der Waals surface area contributed by atoms with Crippen molar-refractivity contribution in [2.24, 2.45) is 0 Å². The number of rotatable bonds is 1. The number of fused-ring (bicyclic) bond motifs is 2. The molecule has 0 spiro atoms. The second-order valence-corrected chi connectivity index (χ2v) is 4.94. The van der Waals surface area contributed by atoms with E-state index in [4.69, 9.17) is 0 Å². The minimum Gasteiger partial charge on any atom is -0.319 e. The van der Waals surface area contributed by atoms with Gasteiger partial charge in [-0.05, 0) is 18.2 Å². The number of para-hydroxylation sites is 3. The highest BCUT2D eigenvalue weighted by Gasteiger charge is 2.30. The number of hydrogen-bond acceptors (Lipinski definition) is 4. The maximum Gasteiger partial charge on any atom is 0.296 e. The number of Topliss-reactive ketones (excluding diaryl/α,β-unsaturated/α-hetero) is 1. The maximum absolute atomic E-state index is 12.3. The zero-order valence-electron chi connectivity index (χ0n) is 11.2. The van der Waals surface area contributed by atoms with E-state index in [2.05, 4.69) is 15.3 Å². The number of hydrogen-bond donors (Lipinski definition) is 2. The molecule has 0 atom stereocenters. The predicted octanol–water partition coefficient (Wildman–Crippen LogP) is 1.72. The summed E-state index contributed by atoms with van der Waals surface area (Å²) in [5.41, 5.74) is 2.09. The first-order valence-corrected chi connectivity index (χ1v) is 6.63. The first kappa shape index (κ1) is 12.5. The highest BCUT2D eigenvalue weighted by molar-refractivity contribution is 6.52. The fourth-order valence-corrected chi connectivity index (χ4v) is 2.58. The second kappa shape index (κ2) is 4.36. The number of anilines is 1. The molecule has 0 radical (unpaired) electrons. The van der Waals surface area contributed by atoms with Gasteiger partial charge in [-0.2, -0.15) is 0 Å². The highest BCUT2D eigenvalue weighted by Crippen LogP contribution is 2.32. The Morgan fingerprint density at radius 1 is 0.864 bits per heavy atom. The molecule has 3 aromatic rings. The Bertz CT molecular complexity index is 1020. The molecule has 0 bridgehead atoms. The van der Waals surface area contributed by atoms with Crippen LogP contribution in [0.3, 0.4) is 0 Å². The summed E-state index contributed by atoms with van der Waals surface area (Å²) in [6.07, 6.45) is 0. The van der Waals surface area contributed by atoms with E-state index in [0.717, 1.165) is 0 Å². The van der Waals surface area contributed by atoms with Crippen LogP contribution >= 0.6 is 0 Å². The minimum absolute atomic E-state index is 0.172. The van der Waals surface area contributed by atoms with Crippen LogP contribution in [0, 0.1) is 0 Å². The zero-order valence-corrected chi connectivity index (χ0v) is 11.2. The normalized spacial score (nSPS) is 13.3. The third kappa shape index (κ3) is 1.67. The van der Waals surface area contributed by atoms with E-state index >= 15 is 0 Å². The third-order valence-corrected chi connectivity index (χ3v) is 3.61. The van der Waals surface area contributed by atoms with Crippen LogP contribution in [0.2, 0.25) is 0 Å². The number of ketones is 1. The fraction of sp³-hybridized carbons (Fsp3) is 0. The van der Waals surface area contributed by atoms with Crippen molar-refractivity contribution in [3.05, 3.63) is 58.4 Å². The average molecular weight is 291 g/mol. The molecule has 0 unspecified atom stereocenters.